The molecule has 2 unspecified atom stereocenters. The molecule has 0 N–H and O–H groups in total. The molecule has 0 aromatic rings. The second kappa shape index (κ2) is 8.33. The Bertz CT molecular complexity index is 490. The third-order valence-corrected chi connectivity index (χ3v) is 8.69. The lowest BCUT2D eigenvalue weighted by Crippen LogP contribution is -2.25. The lowest BCUT2D eigenvalue weighted by Gasteiger charge is -2.37. The summed E-state index contributed by atoms with van der Waals surface area (Å²) in [6, 6.07) is 0. The Kier molecular flexibility index (Phi) is 6.16. The van der Waals surface area contributed by atoms with Gasteiger partial charge in [-0.2, -0.15) is 0 Å². The maximum absolute atomic E-state index is 2.62. The van der Waals surface area contributed by atoms with Crippen LogP contribution in [0.25, 0.3) is 0 Å². The molecule has 0 radical (unpaired) electrons. The van der Waals surface area contributed by atoms with Crippen molar-refractivity contribution in [3.05, 3.63) is 48.1 Å². The van der Waals surface area contributed by atoms with Crippen LogP contribution in [0.2, 0.25) is 10.6 Å². The first-order valence-electron chi connectivity index (χ1n) is 10.0. The number of hydrogen-bond donors (Lipinski definition) is 0. The number of unbranched alkanes of at least 4 members (excludes halogenated alkanes) is 1. The zero-order valence-corrected chi connectivity index (χ0v) is 16.4. The quantitative estimate of drug-likeness (QED) is 0.483. The van der Waals surface area contributed by atoms with Gasteiger partial charge in [-0.15, -0.1) is 0 Å². The predicted molar refractivity (Wildman–Crippen MR) is 106 cm³/mol. The first kappa shape index (κ1) is 17.0. The Labute approximate surface area is 145 Å². The minimum atomic E-state index is -0.166. The monoisotopic (exact) mass is 326 g/mol. The summed E-state index contributed by atoms with van der Waals surface area (Å²) in [4.78, 5) is 0. The van der Waals surface area contributed by atoms with Gasteiger partial charge in [-0.25, -0.2) is 0 Å². The van der Waals surface area contributed by atoms with Gasteiger partial charge in [-0.05, 0) is 42.2 Å². The molecular weight excluding hydrogens is 292 g/mol. The van der Waals surface area contributed by atoms with Crippen LogP contribution >= 0.6 is 0 Å². The summed E-state index contributed by atoms with van der Waals surface area (Å²) >= 11 is 0. The highest BCUT2D eigenvalue weighted by Crippen LogP contribution is 2.47. The van der Waals surface area contributed by atoms with E-state index in [-0.39, 0.29) is 9.52 Å². The zero-order valence-electron chi connectivity index (χ0n) is 15.0. The van der Waals surface area contributed by atoms with Gasteiger partial charge in [0.1, 0.15) is 0 Å². The van der Waals surface area contributed by atoms with Gasteiger partial charge in [0.05, 0.1) is 0 Å². The summed E-state index contributed by atoms with van der Waals surface area (Å²) in [5.74, 6) is 1.00. The second-order valence-electron chi connectivity index (χ2n) is 8.13. The fourth-order valence-electron chi connectivity index (χ4n) is 4.84. The number of rotatable bonds is 7. The van der Waals surface area contributed by atoms with E-state index in [4.69, 9.17) is 0 Å². The van der Waals surface area contributed by atoms with E-state index < -0.39 is 0 Å². The van der Waals surface area contributed by atoms with Crippen molar-refractivity contribution >= 4 is 9.52 Å². The fraction of sp³-hybridized carbons (Fsp3) is 0.636. The average molecular weight is 327 g/mol. The second-order valence-corrected chi connectivity index (χ2v) is 10.9. The molecule has 1 fully saturated rings. The van der Waals surface area contributed by atoms with E-state index in [0.717, 1.165) is 11.5 Å². The Hall–Kier alpha value is -0.823. The summed E-state index contributed by atoms with van der Waals surface area (Å²) < 4.78 is 0. The lowest BCUT2D eigenvalue weighted by atomic mass is 9.80. The Morgan fingerprint density at radius 2 is 2.04 bits per heavy atom. The third kappa shape index (κ3) is 4.82. The van der Waals surface area contributed by atoms with Gasteiger partial charge in [0.25, 0.3) is 0 Å². The minimum Gasteiger partial charge on any atom is -0.0840 e. The van der Waals surface area contributed by atoms with Gasteiger partial charge in [-0.1, -0.05) is 93.6 Å². The van der Waals surface area contributed by atoms with Gasteiger partial charge >= 0.3 is 0 Å². The lowest BCUT2D eigenvalue weighted by molar-refractivity contribution is 0.313. The summed E-state index contributed by atoms with van der Waals surface area (Å²) in [6.07, 6.45) is 31.4. The van der Waals surface area contributed by atoms with E-state index in [2.05, 4.69) is 49.5 Å². The Morgan fingerprint density at radius 3 is 2.78 bits per heavy atom. The van der Waals surface area contributed by atoms with Crippen molar-refractivity contribution in [3.8, 4) is 0 Å². The number of hydrogen-bond acceptors (Lipinski definition) is 0. The SMILES string of the molecule is CCCCC1=CC([SiH2]C2(CC3CCCCC3)C=CC=CC2)C=C1. The maximum Gasteiger partial charge on any atom is 0.0447 e. The van der Waals surface area contributed by atoms with Crippen LogP contribution in [0.1, 0.15) is 71.1 Å². The molecule has 0 amide bonds. The van der Waals surface area contributed by atoms with Gasteiger partial charge < -0.3 is 0 Å². The van der Waals surface area contributed by atoms with E-state index in [1.54, 1.807) is 5.57 Å². The zero-order chi connectivity index (χ0) is 16.0. The summed E-state index contributed by atoms with van der Waals surface area (Å²) in [5, 5.41) is 0.558. The summed E-state index contributed by atoms with van der Waals surface area (Å²) in [5.41, 5.74) is 2.43. The van der Waals surface area contributed by atoms with Gasteiger partial charge in [-0.3, -0.25) is 0 Å². The Morgan fingerprint density at radius 1 is 1.17 bits per heavy atom. The topological polar surface area (TPSA) is 0 Å². The van der Waals surface area contributed by atoms with Crippen LogP contribution < -0.4 is 0 Å². The molecule has 0 heterocycles. The maximum atomic E-state index is 2.62. The summed E-state index contributed by atoms with van der Waals surface area (Å²) in [7, 11) is -0.166. The Balaban J connectivity index is 1.63. The largest absolute Gasteiger partial charge is 0.0840 e. The minimum absolute atomic E-state index is 0.166. The van der Waals surface area contributed by atoms with E-state index in [1.165, 1.54) is 64.2 Å². The van der Waals surface area contributed by atoms with Crippen molar-refractivity contribution in [2.75, 3.05) is 0 Å². The fourth-order valence-corrected chi connectivity index (χ4v) is 7.65. The highest BCUT2D eigenvalue weighted by atomic mass is 28.2. The van der Waals surface area contributed by atoms with Crippen LogP contribution in [-0.2, 0) is 0 Å². The van der Waals surface area contributed by atoms with Crippen LogP contribution in [0, 0.1) is 5.92 Å². The molecule has 0 spiro atoms. The van der Waals surface area contributed by atoms with Crippen LogP contribution in [0.15, 0.2) is 48.1 Å². The molecule has 23 heavy (non-hydrogen) atoms. The van der Waals surface area contributed by atoms with E-state index >= 15 is 0 Å². The molecule has 1 heteroatoms. The predicted octanol–water partition coefficient (Wildman–Crippen LogP) is 6.28. The molecule has 2 atom stereocenters. The van der Waals surface area contributed by atoms with E-state index in [1.807, 2.05) is 0 Å². The van der Waals surface area contributed by atoms with Gasteiger partial charge in [0.2, 0.25) is 0 Å². The van der Waals surface area contributed by atoms with E-state index in [0.29, 0.717) is 5.04 Å². The molecule has 0 nitrogen and oxygen atoms in total. The molecule has 0 bridgehead atoms. The molecular formula is C22H34Si. The summed E-state index contributed by atoms with van der Waals surface area (Å²) in [6.45, 7) is 2.30. The average Bonchev–Trinajstić information content (AvgIpc) is 3.01. The molecule has 0 saturated heterocycles. The van der Waals surface area contributed by atoms with E-state index in [9.17, 15) is 0 Å². The van der Waals surface area contributed by atoms with Crippen molar-refractivity contribution in [3.63, 3.8) is 0 Å². The smallest absolute Gasteiger partial charge is 0.0447 e. The highest BCUT2D eigenvalue weighted by Gasteiger charge is 2.33. The van der Waals surface area contributed by atoms with Crippen molar-refractivity contribution in [2.24, 2.45) is 5.92 Å². The normalized spacial score (nSPS) is 31.3. The van der Waals surface area contributed by atoms with Crippen molar-refractivity contribution in [2.45, 2.75) is 81.7 Å². The molecule has 1 saturated carbocycles. The van der Waals surface area contributed by atoms with Crippen LogP contribution in [0.3, 0.4) is 0 Å². The van der Waals surface area contributed by atoms with Crippen LogP contribution in [-0.4, -0.2) is 9.52 Å². The van der Waals surface area contributed by atoms with Crippen LogP contribution in [0.5, 0.6) is 0 Å². The first-order valence-corrected chi connectivity index (χ1v) is 11.6. The highest BCUT2D eigenvalue weighted by molar-refractivity contribution is 6.44. The first-order chi connectivity index (χ1) is 11.3. The molecule has 3 aliphatic rings. The van der Waals surface area contributed by atoms with Crippen molar-refractivity contribution in [1.82, 2.24) is 0 Å². The molecule has 126 valence electrons. The van der Waals surface area contributed by atoms with Gasteiger partial charge in [0.15, 0.2) is 0 Å². The van der Waals surface area contributed by atoms with Gasteiger partial charge in [0, 0.05) is 9.52 Å². The molecule has 0 aliphatic heterocycles. The molecule has 0 aromatic carbocycles. The molecule has 3 aliphatic carbocycles. The molecule has 3 rings (SSSR count). The van der Waals surface area contributed by atoms with Crippen molar-refractivity contribution < 1.29 is 0 Å². The third-order valence-electron chi connectivity index (χ3n) is 6.09. The van der Waals surface area contributed by atoms with Crippen molar-refractivity contribution in [1.29, 1.82) is 0 Å². The van der Waals surface area contributed by atoms with Crippen LogP contribution in [0.4, 0.5) is 0 Å². The molecule has 0 aromatic heterocycles. The standard InChI is InChI=1S/C22H34Si/c1-2-3-10-19-13-14-21(17-19)23-22(15-8-5-9-16-22)18-20-11-6-4-7-12-20/h5,8-9,13-15,17,20-21H,2-4,6-7,10-12,16,18,23H2,1H3. The number of allylic oxidation sites excluding steroid dienone is 8.